The van der Waals surface area contributed by atoms with Gasteiger partial charge in [0.15, 0.2) is 0 Å². The molecule has 0 spiro atoms. The summed E-state index contributed by atoms with van der Waals surface area (Å²) in [5, 5.41) is 2.77. The molecule has 18 heavy (non-hydrogen) atoms. The molecule has 2 rings (SSSR count). The minimum atomic E-state index is -1.91. The van der Waals surface area contributed by atoms with Gasteiger partial charge in [0.2, 0.25) is 0 Å². The Hall–Kier alpha value is -0.825. The molecule has 0 radical (unpaired) electrons. The summed E-state index contributed by atoms with van der Waals surface area (Å²) in [5.74, 6) is 0. The number of methoxy groups -OCH3 is 1. The molecular weight excluding hydrogens is 320 g/mol. The molecule has 3 heteroatoms. The van der Waals surface area contributed by atoms with Crippen LogP contribution in [0.4, 0.5) is 0 Å². The van der Waals surface area contributed by atoms with Crippen molar-refractivity contribution < 1.29 is 24.1 Å². The molecular formula is C15H16MoOSi. The topological polar surface area (TPSA) is 9.23 Å². The van der Waals surface area contributed by atoms with Gasteiger partial charge in [-0.05, 0) is 0 Å². The molecule has 1 nitrogen and oxygen atoms in total. The summed E-state index contributed by atoms with van der Waals surface area (Å²) in [7, 11) is -0.133. The van der Waals surface area contributed by atoms with E-state index in [4.69, 9.17) is 4.74 Å². The molecule has 0 aromatic heterocycles. The minimum absolute atomic E-state index is 1.15. The molecule has 0 N–H and O–H groups in total. The van der Waals surface area contributed by atoms with Gasteiger partial charge in [-0.1, -0.05) is 0 Å². The molecule has 0 atom stereocenters. The monoisotopic (exact) mass is 338 g/mol. The zero-order valence-electron chi connectivity index (χ0n) is 10.6. The van der Waals surface area contributed by atoms with E-state index in [2.05, 4.69) is 67.2 Å². The predicted molar refractivity (Wildman–Crippen MR) is 75.8 cm³/mol. The van der Waals surface area contributed by atoms with Crippen molar-refractivity contribution in [2.75, 3.05) is 7.11 Å². The summed E-state index contributed by atoms with van der Waals surface area (Å²) in [6.07, 6.45) is 0. The van der Waals surface area contributed by atoms with Crippen LogP contribution in [0, 0.1) is 0 Å². The van der Waals surface area contributed by atoms with Gasteiger partial charge in [-0.2, -0.15) is 0 Å². The van der Waals surface area contributed by atoms with Gasteiger partial charge in [-0.3, -0.25) is 0 Å². The van der Waals surface area contributed by atoms with E-state index < -0.39 is 8.07 Å². The number of rotatable bonds is 4. The Morgan fingerprint density at radius 1 is 0.889 bits per heavy atom. The van der Waals surface area contributed by atoms with Crippen LogP contribution in [-0.2, 0) is 24.1 Å². The number of benzene rings is 2. The molecule has 0 saturated heterocycles. The van der Waals surface area contributed by atoms with Gasteiger partial charge in [-0.25, -0.2) is 0 Å². The van der Waals surface area contributed by atoms with E-state index in [0.717, 1.165) is 3.71 Å². The SMILES string of the molecule is CO[C](=[Mo])[Si](C)(c1ccccc1)c1ccccc1. The van der Waals surface area contributed by atoms with Gasteiger partial charge in [-0.15, -0.1) is 0 Å². The van der Waals surface area contributed by atoms with E-state index in [0.29, 0.717) is 0 Å². The molecule has 0 heterocycles. The van der Waals surface area contributed by atoms with E-state index in [9.17, 15) is 0 Å². The van der Waals surface area contributed by atoms with Gasteiger partial charge in [0.1, 0.15) is 0 Å². The van der Waals surface area contributed by atoms with E-state index in [1.165, 1.54) is 10.4 Å². The molecule has 2 aromatic carbocycles. The summed E-state index contributed by atoms with van der Waals surface area (Å²) in [5.41, 5.74) is 0. The van der Waals surface area contributed by atoms with Crippen molar-refractivity contribution in [1.82, 2.24) is 0 Å². The van der Waals surface area contributed by atoms with Crippen LogP contribution < -0.4 is 10.4 Å². The summed E-state index contributed by atoms with van der Waals surface area (Å²) < 4.78 is 6.76. The summed E-state index contributed by atoms with van der Waals surface area (Å²) >= 11 is 2.02. The second-order valence-corrected chi connectivity index (χ2v) is 10.1. The molecule has 0 bridgehead atoms. The van der Waals surface area contributed by atoms with Crippen molar-refractivity contribution in [2.24, 2.45) is 0 Å². The molecule has 2 aromatic rings. The number of hydrogen-bond donors (Lipinski definition) is 0. The summed E-state index contributed by atoms with van der Waals surface area (Å²) in [6, 6.07) is 21.4. The van der Waals surface area contributed by atoms with Crippen LogP contribution in [0.15, 0.2) is 60.7 Å². The van der Waals surface area contributed by atoms with Crippen LogP contribution in [-0.4, -0.2) is 18.9 Å². The second-order valence-electron chi connectivity index (χ2n) is 4.35. The van der Waals surface area contributed by atoms with Crippen molar-refractivity contribution in [1.29, 1.82) is 0 Å². The zero-order chi connectivity index (χ0) is 13.0. The van der Waals surface area contributed by atoms with Crippen molar-refractivity contribution >= 4 is 22.2 Å². The Morgan fingerprint density at radius 2 is 1.28 bits per heavy atom. The number of ether oxygens (including phenoxy) is 1. The number of hydrogen-bond acceptors (Lipinski definition) is 1. The van der Waals surface area contributed by atoms with Gasteiger partial charge in [0.05, 0.1) is 0 Å². The van der Waals surface area contributed by atoms with Crippen molar-refractivity contribution in [3.8, 4) is 0 Å². The molecule has 0 saturated carbocycles. The van der Waals surface area contributed by atoms with Crippen LogP contribution in [0.25, 0.3) is 0 Å². The van der Waals surface area contributed by atoms with Crippen molar-refractivity contribution in [3.05, 3.63) is 60.7 Å². The fraction of sp³-hybridized carbons (Fsp3) is 0.133. The zero-order valence-corrected chi connectivity index (χ0v) is 13.6. The van der Waals surface area contributed by atoms with Gasteiger partial charge < -0.3 is 0 Å². The Labute approximate surface area is 120 Å². The van der Waals surface area contributed by atoms with E-state index in [1.54, 1.807) is 7.11 Å². The molecule has 0 aliphatic heterocycles. The fourth-order valence-electron chi connectivity index (χ4n) is 2.15. The third-order valence-corrected chi connectivity index (χ3v) is 10.7. The first-order valence-electron chi connectivity index (χ1n) is 5.89. The van der Waals surface area contributed by atoms with Crippen LogP contribution in [0.1, 0.15) is 0 Å². The Kier molecular flexibility index (Phi) is 4.44. The first-order valence-corrected chi connectivity index (χ1v) is 9.39. The molecule has 0 aliphatic rings. The second kappa shape index (κ2) is 5.88. The van der Waals surface area contributed by atoms with E-state index in [1.807, 2.05) is 19.4 Å². The molecule has 0 unspecified atom stereocenters. The van der Waals surface area contributed by atoms with Crippen LogP contribution in [0.3, 0.4) is 0 Å². The summed E-state index contributed by atoms with van der Waals surface area (Å²) in [6.45, 7) is 2.35. The Bertz CT molecular complexity index is 485. The van der Waals surface area contributed by atoms with Crippen LogP contribution >= 0.6 is 0 Å². The van der Waals surface area contributed by atoms with Gasteiger partial charge in [0, 0.05) is 0 Å². The van der Waals surface area contributed by atoms with Crippen LogP contribution in [0.2, 0.25) is 6.55 Å². The third-order valence-electron chi connectivity index (χ3n) is 3.30. The average Bonchev–Trinajstić information content (AvgIpc) is 2.47. The van der Waals surface area contributed by atoms with Gasteiger partial charge in [0.25, 0.3) is 0 Å². The van der Waals surface area contributed by atoms with Crippen LogP contribution in [0.5, 0.6) is 0 Å². The van der Waals surface area contributed by atoms with Crippen molar-refractivity contribution in [3.63, 3.8) is 0 Å². The third kappa shape index (κ3) is 2.46. The Balaban J connectivity index is 2.59. The quantitative estimate of drug-likeness (QED) is 0.773. The first-order chi connectivity index (χ1) is 8.69. The average molecular weight is 336 g/mol. The van der Waals surface area contributed by atoms with Crippen molar-refractivity contribution in [2.45, 2.75) is 6.55 Å². The van der Waals surface area contributed by atoms with E-state index in [-0.39, 0.29) is 0 Å². The molecule has 0 aliphatic carbocycles. The maximum absolute atomic E-state index is 5.61. The normalized spacial score (nSPS) is 11.2. The maximum atomic E-state index is 5.61. The molecule has 0 fully saturated rings. The van der Waals surface area contributed by atoms with Gasteiger partial charge >= 0.3 is 121 Å². The molecule has 0 amide bonds. The predicted octanol–water partition coefficient (Wildman–Crippen LogP) is 1.74. The molecule has 92 valence electrons. The fourth-order valence-corrected chi connectivity index (χ4v) is 6.82. The van der Waals surface area contributed by atoms with E-state index >= 15 is 0 Å². The standard InChI is InChI=1S/C15H16OSi.Mo/c1-16-13-17(2,14-9-5-3-6-10-14)15-11-7-4-8-12-15;/h3-12H,1-2H3;. The first kappa shape index (κ1) is 13.6. The summed E-state index contributed by atoms with van der Waals surface area (Å²) in [4.78, 5) is 0. The Morgan fingerprint density at radius 3 is 1.61 bits per heavy atom.